The fraction of sp³-hybridized carbons (Fsp3) is 0.350. The van der Waals surface area contributed by atoms with E-state index < -0.39 is 43.5 Å². The SMILES string of the molecule is O=C(N[C@H](CO)Cc1ccccc1)[C@H]1CCCN1S(=O)(=O)c1ccccc1[N+](=O)[O-]. The van der Waals surface area contributed by atoms with Gasteiger partial charge >= 0.3 is 0 Å². The third-order valence-corrected chi connectivity index (χ3v) is 7.00. The highest BCUT2D eigenvalue weighted by Crippen LogP contribution is 2.31. The van der Waals surface area contributed by atoms with Crippen LogP contribution in [0.15, 0.2) is 59.5 Å². The van der Waals surface area contributed by atoms with E-state index >= 15 is 0 Å². The molecule has 0 saturated carbocycles. The molecule has 2 atom stereocenters. The van der Waals surface area contributed by atoms with Crippen LogP contribution >= 0.6 is 0 Å². The maximum Gasteiger partial charge on any atom is 0.289 e. The molecule has 0 aliphatic carbocycles. The highest BCUT2D eigenvalue weighted by atomic mass is 32.2. The summed E-state index contributed by atoms with van der Waals surface area (Å²) in [5, 5.41) is 23.7. The number of nitro groups is 1. The number of nitrogens with one attached hydrogen (secondary N) is 1. The van der Waals surface area contributed by atoms with Gasteiger partial charge in [-0.1, -0.05) is 42.5 Å². The molecule has 0 radical (unpaired) electrons. The van der Waals surface area contributed by atoms with Gasteiger partial charge in [-0.25, -0.2) is 8.42 Å². The van der Waals surface area contributed by atoms with Gasteiger partial charge in [0.1, 0.15) is 6.04 Å². The molecule has 10 heteroatoms. The van der Waals surface area contributed by atoms with Crippen LogP contribution in [-0.4, -0.2) is 53.9 Å². The van der Waals surface area contributed by atoms with Crippen LogP contribution in [0.3, 0.4) is 0 Å². The maximum absolute atomic E-state index is 13.1. The van der Waals surface area contributed by atoms with E-state index in [0.29, 0.717) is 19.3 Å². The van der Waals surface area contributed by atoms with Crippen molar-refractivity contribution in [2.75, 3.05) is 13.2 Å². The lowest BCUT2D eigenvalue weighted by molar-refractivity contribution is -0.387. The van der Waals surface area contributed by atoms with E-state index in [2.05, 4.69) is 5.32 Å². The summed E-state index contributed by atoms with van der Waals surface area (Å²) in [5.41, 5.74) is 0.397. The molecule has 30 heavy (non-hydrogen) atoms. The first-order chi connectivity index (χ1) is 14.3. The fourth-order valence-electron chi connectivity index (χ4n) is 3.60. The Kier molecular flexibility index (Phi) is 6.80. The van der Waals surface area contributed by atoms with Crippen LogP contribution in [-0.2, 0) is 21.2 Å². The average molecular weight is 433 g/mol. The first-order valence-electron chi connectivity index (χ1n) is 9.55. The van der Waals surface area contributed by atoms with Crippen molar-refractivity contribution in [2.45, 2.75) is 36.2 Å². The first-order valence-corrected chi connectivity index (χ1v) is 11.0. The van der Waals surface area contributed by atoms with Gasteiger partial charge in [-0.2, -0.15) is 4.31 Å². The van der Waals surface area contributed by atoms with Crippen molar-refractivity contribution in [2.24, 2.45) is 0 Å². The zero-order chi connectivity index (χ0) is 21.7. The molecule has 0 spiro atoms. The molecule has 1 heterocycles. The Bertz CT molecular complexity index is 1010. The summed E-state index contributed by atoms with van der Waals surface area (Å²) in [6.45, 7) is -0.209. The van der Waals surface area contributed by atoms with E-state index in [1.807, 2.05) is 30.3 Å². The summed E-state index contributed by atoms with van der Waals surface area (Å²) < 4.78 is 27.2. The van der Waals surface area contributed by atoms with E-state index in [-0.39, 0.29) is 13.2 Å². The molecule has 1 saturated heterocycles. The van der Waals surface area contributed by atoms with Crippen LogP contribution in [0, 0.1) is 10.1 Å². The summed E-state index contributed by atoms with van der Waals surface area (Å²) in [5.74, 6) is -0.523. The van der Waals surface area contributed by atoms with Crippen molar-refractivity contribution < 1.29 is 23.2 Å². The number of amides is 1. The van der Waals surface area contributed by atoms with Gasteiger partial charge in [0.25, 0.3) is 15.7 Å². The smallest absolute Gasteiger partial charge is 0.289 e. The second-order valence-corrected chi connectivity index (χ2v) is 8.94. The van der Waals surface area contributed by atoms with Crippen molar-refractivity contribution in [1.82, 2.24) is 9.62 Å². The summed E-state index contributed by atoms with van der Waals surface area (Å²) in [4.78, 5) is 22.9. The minimum absolute atomic E-state index is 0.0922. The normalized spacial score (nSPS) is 18.1. The molecular weight excluding hydrogens is 410 g/mol. The van der Waals surface area contributed by atoms with Crippen molar-refractivity contribution in [3.63, 3.8) is 0 Å². The van der Waals surface area contributed by atoms with Gasteiger partial charge in [-0.3, -0.25) is 14.9 Å². The first kappa shape index (κ1) is 21.9. The standard InChI is InChI=1S/C20H23N3O6S/c24-14-16(13-15-7-2-1-3-8-15)21-20(25)18-10-6-12-22(18)30(28,29)19-11-5-4-9-17(19)23(26)27/h1-5,7-9,11,16,18,24H,6,10,12-14H2,(H,21,25)/t16-,18+/m0/s1. The number of benzene rings is 2. The van der Waals surface area contributed by atoms with Crippen LogP contribution in [0.1, 0.15) is 18.4 Å². The largest absolute Gasteiger partial charge is 0.394 e. The third kappa shape index (κ3) is 4.66. The van der Waals surface area contributed by atoms with Crippen LogP contribution < -0.4 is 5.32 Å². The Morgan fingerprint density at radius 3 is 2.53 bits per heavy atom. The minimum Gasteiger partial charge on any atom is -0.394 e. The van der Waals surface area contributed by atoms with E-state index in [1.165, 1.54) is 18.2 Å². The lowest BCUT2D eigenvalue weighted by atomic mass is 10.1. The summed E-state index contributed by atoms with van der Waals surface area (Å²) in [6.07, 6.45) is 1.16. The van der Waals surface area contributed by atoms with Gasteiger partial charge in [-0.15, -0.1) is 0 Å². The Morgan fingerprint density at radius 1 is 1.20 bits per heavy atom. The molecule has 1 aliphatic rings. The number of hydrogen-bond acceptors (Lipinski definition) is 6. The Balaban J connectivity index is 1.79. The van der Waals surface area contributed by atoms with Gasteiger partial charge < -0.3 is 10.4 Å². The number of aliphatic hydroxyl groups is 1. The number of carbonyl (C=O) groups excluding carboxylic acids is 1. The van der Waals surface area contributed by atoms with Gasteiger partial charge in [0.2, 0.25) is 5.91 Å². The van der Waals surface area contributed by atoms with E-state index in [4.69, 9.17) is 0 Å². The number of aliphatic hydroxyl groups excluding tert-OH is 1. The molecule has 1 aliphatic heterocycles. The topological polar surface area (TPSA) is 130 Å². The quantitative estimate of drug-likeness (QED) is 0.479. The Hall–Kier alpha value is -2.82. The number of para-hydroxylation sites is 1. The monoisotopic (exact) mass is 433 g/mol. The van der Waals surface area contributed by atoms with Gasteiger partial charge in [0.15, 0.2) is 4.90 Å². The van der Waals surface area contributed by atoms with Crippen molar-refractivity contribution in [1.29, 1.82) is 0 Å². The van der Waals surface area contributed by atoms with Crippen LogP contribution in [0.25, 0.3) is 0 Å². The molecule has 9 nitrogen and oxygen atoms in total. The molecule has 2 N–H and O–H groups in total. The van der Waals surface area contributed by atoms with Gasteiger partial charge in [0.05, 0.1) is 17.6 Å². The zero-order valence-corrected chi connectivity index (χ0v) is 17.0. The van der Waals surface area contributed by atoms with Crippen LogP contribution in [0.2, 0.25) is 0 Å². The van der Waals surface area contributed by atoms with Crippen molar-refractivity contribution in [3.05, 3.63) is 70.3 Å². The Morgan fingerprint density at radius 2 is 1.87 bits per heavy atom. The third-order valence-electron chi connectivity index (χ3n) is 5.05. The molecule has 3 rings (SSSR count). The van der Waals surface area contributed by atoms with Crippen LogP contribution in [0.4, 0.5) is 5.69 Å². The molecular formula is C20H23N3O6S. The van der Waals surface area contributed by atoms with Crippen molar-refractivity contribution >= 4 is 21.6 Å². The van der Waals surface area contributed by atoms with E-state index in [9.17, 15) is 28.4 Å². The second kappa shape index (κ2) is 9.33. The second-order valence-electron chi connectivity index (χ2n) is 7.08. The van der Waals surface area contributed by atoms with E-state index in [0.717, 1.165) is 15.9 Å². The molecule has 2 aromatic rings. The molecule has 0 bridgehead atoms. The van der Waals surface area contributed by atoms with Gasteiger partial charge in [0, 0.05) is 12.6 Å². The van der Waals surface area contributed by atoms with Crippen molar-refractivity contribution in [3.8, 4) is 0 Å². The summed E-state index contributed by atoms with van der Waals surface area (Å²) >= 11 is 0. The number of nitro benzene ring substituents is 1. The molecule has 1 amide bonds. The Labute approximate surface area is 174 Å². The fourth-order valence-corrected chi connectivity index (χ4v) is 5.42. The zero-order valence-electron chi connectivity index (χ0n) is 16.2. The van der Waals surface area contributed by atoms with Gasteiger partial charge in [-0.05, 0) is 30.9 Å². The number of nitrogens with zero attached hydrogens (tertiary/aromatic N) is 2. The van der Waals surface area contributed by atoms with Crippen LogP contribution in [0.5, 0.6) is 0 Å². The molecule has 1 fully saturated rings. The lowest BCUT2D eigenvalue weighted by Gasteiger charge is -2.25. The number of sulfonamides is 1. The average Bonchev–Trinajstić information content (AvgIpc) is 3.25. The highest BCUT2D eigenvalue weighted by Gasteiger charge is 2.42. The molecule has 2 aromatic carbocycles. The molecule has 0 unspecified atom stereocenters. The highest BCUT2D eigenvalue weighted by molar-refractivity contribution is 7.89. The molecule has 160 valence electrons. The number of hydrogen-bond donors (Lipinski definition) is 2. The number of rotatable bonds is 8. The van der Waals surface area contributed by atoms with E-state index in [1.54, 1.807) is 0 Å². The number of carbonyl (C=O) groups is 1. The minimum atomic E-state index is -4.24. The maximum atomic E-state index is 13.1. The lowest BCUT2D eigenvalue weighted by Crippen LogP contribution is -2.50. The predicted octanol–water partition coefficient (Wildman–Crippen LogP) is 1.47. The summed E-state index contributed by atoms with van der Waals surface area (Å²) in [7, 11) is -4.24. The predicted molar refractivity (Wildman–Crippen MR) is 109 cm³/mol. The summed E-state index contributed by atoms with van der Waals surface area (Å²) in [6, 6.07) is 12.8. The molecule has 0 aromatic heterocycles.